The number of fused-ring (bicyclic) bond motifs is 1. The zero-order chi connectivity index (χ0) is 14.1. The predicted molar refractivity (Wildman–Crippen MR) is 72.9 cm³/mol. The van der Waals surface area contributed by atoms with Crippen molar-refractivity contribution < 1.29 is 14.7 Å². The average molecular weight is 270 g/mol. The van der Waals surface area contributed by atoms with E-state index < -0.39 is 11.9 Å². The Balaban J connectivity index is 1.79. The van der Waals surface area contributed by atoms with E-state index in [1.807, 2.05) is 30.3 Å². The van der Waals surface area contributed by atoms with E-state index in [0.29, 0.717) is 6.54 Å². The van der Waals surface area contributed by atoms with Gasteiger partial charge in [-0.25, -0.2) is 0 Å². The highest BCUT2D eigenvalue weighted by molar-refractivity contribution is 5.86. The number of aromatic nitrogens is 1. The third kappa shape index (κ3) is 2.34. The summed E-state index contributed by atoms with van der Waals surface area (Å²) in [4.78, 5) is 28.6. The number of carbonyl (C=O) groups is 2. The van der Waals surface area contributed by atoms with Gasteiger partial charge in [0.1, 0.15) is 0 Å². The third-order valence-corrected chi connectivity index (χ3v) is 3.60. The summed E-state index contributed by atoms with van der Waals surface area (Å²) < 4.78 is 0. The van der Waals surface area contributed by atoms with Gasteiger partial charge in [0.15, 0.2) is 0 Å². The van der Waals surface area contributed by atoms with Crippen molar-refractivity contribution in [3.8, 4) is 0 Å². The Labute approximate surface area is 115 Å². The van der Waals surface area contributed by atoms with Crippen molar-refractivity contribution in [2.75, 3.05) is 6.54 Å². The summed E-state index contributed by atoms with van der Waals surface area (Å²) in [6.07, 6.45) is 1.86. The lowest BCUT2D eigenvalue weighted by molar-refractivity contribution is -0.141. The highest BCUT2D eigenvalue weighted by Gasteiger charge is 2.34. The number of pyridine rings is 1. The minimum absolute atomic E-state index is 0.0862. The third-order valence-electron chi connectivity index (χ3n) is 3.60. The van der Waals surface area contributed by atoms with Gasteiger partial charge in [-0.3, -0.25) is 14.6 Å². The molecule has 0 bridgehead atoms. The second-order valence-corrected chi connectivity index (χ2v) is 5.04. The summed E-state index contributed by atoms with van der Waals surface area (Å²) in [6, 6.07) is 9.81. The molecule has 0 spiro atoms. The molecule has 2 aromatic rings. The van der Waals surface area contributed by atoms with Gasteiger partial charge in [-0.15, -0.1) is 0 Å². The summed E-state index contributed by atoms with van der Waals surface area (Å²) >= 11 is 0. The van der Waals surface area contributed by atoms with Gasteiger partial charge in [0.2, 0.25) is 5.91 Å². The number of benzene rings is 1. The van der Waals surface area contributed by atoms with Crippen LogP contribution in [0.25, 0.3) is 10.8 Å². The highest BCUT2D eigenvalue weighted by atomic mass is 16.4. The van der Waals surface area contributed by atoms with Gasteiger partial charge in [0.25, 0.3) is 0 Å². The van der Waals surface area contributed by atoms with E-state index in [4.69, 9.17) is 5.11 Å². The van der Waals surface area contributed by atoms with Crippen LogP contribution in [0.3, 0.4) is 0 Å². The van der Waals surface area contributed by atoms with Crippen LogP contribution in [0.5, 0.6) is 0 Å². The maximum absolute atomic E-state index is 11.8. The fourth-order valence-electron chi connectivity index (χ4n) is 2.50. The molecule has 0 saturated carbocycles. The number of carbonyl (C=O) groups excluding carboxylic acids is 1. The monoisotopic (exact) mass is 270 g/mol. The van der Waals surface area contributed by atoms with Crippen LogP contribution in [0.4, 0.5) is 0 Å². The molecule has 1 saturated heterocycles. The molecule has 1 fully saturated rings. The van der Waals surface area contributed by atoms with E-state index in [2.05, 4.69) is 4.98 Å². The van der Waals surface area contributed by atoms with Crippen LogP contribution in [0.2, 0.25) is 0 Å². The molecule has 20 heavy (non-hydrogen) atoms. The molecular weight excluding hydrogens is 256 g/mol. The fraction of sp³-hybridized carbons (Fsp3) is 0.267. The van der Waals surface area contributed by atoms with Gasteiger partial charge in [-0.1, -0.05) is 24.3 Å². The quantitative estimate of drug-likeness (QED) is 0.921. The zero-order valence-corrected chi connectivity index (χ0v) is 10.8. The van der Waals surface area contributed by atoms with Gasteiger partial charge >= 0.3 is 5.97 Å². The van der Waals surface area contributed by atoms with Crippen molar-refractivity contribution in [2.24, 2.45) is 5.92 Å². The summed E-state index contributed by atoms with van der Waals surface area (Å²) in [5.74, 6) is -1.62. The summed E-state index contributed by atoms with van der Waals surface area (Å²) in [7, 11) is 0. The first-order valence-corrected chi connectivity index (χ1v) is 6.48. The number of hydrogen-bond donors (Lipinski definition) is 1. The van der Waals surface area contributed by atoms with Crippen molar-refractivity contribution in [3.05, 3.63) is 42.2 Å². The van der Waals surface area contributed by atoms with Crippen LogP contribution in [-0.4, -0.2) is 33.4 Å². The molecule has 102 valence electrons. The second-order valence-electron chi connectivity index (χ2n) is 5.04. The number of amides is 1. The molecule has 2 heterocycles. The van der Waals surface area contributed by atoms with E-state index in [-0.39, 0.29) is 18.9 Å². The smallest absolute Gasteiger partial charge is 0.308 e. The maximum Gasteiger partial charge on any atom is 0.308 e. The molecule has 1 amide bonds. The topological polar surface area (TPSA) is 70.5 Å². The van der Waals surface area contributed by atoms with Crippen LogP contribution in [0.15, 0.2) is 36.5 Å². The predicted octanol–water partition coefficient (Wildman–Crippen LogP) is 1.67. The van der Waals surface area contributed by atoms with Gasteiger partial charge in [-0.05, 0) is 11.5 Å². The van der Waals surface area contributed by atoms with E-state index >= 15 is 0 Å². The van der Waals surface area contributed by atoms with Crippen molar-refractivity contribution >= 4 is 22.6 Å². The van der Waals surface area contributed by atoms with E-state index in [0.717, 1.165) is 16.5 Å². The molecule has 1 aromatic heterocycles. The molecule has 1 aliphatic heterocycles. The lowest BCUT2D eigenvalue weighted by Crippen LogP contribution is -2.26. The molecule has 1 unspecified atom stereocenters. The van der Waals surface area contributed by atoms with Crippen molar-refractivity contribution in [1.29, 1.82) is 0 Å². The molecule has 1 aromatic carbocycles. The Bertz CT molecular complexity index is 684. The molecule has 0 aliphatic carbocycles. The van der Waals surface area contributed by atoms with Crippen molar-refractivity contribution in [2.45, 2.75) is 13.0 Å². The minimum Gasteiger partial charge on any atom is -0.481 e. The summed E-state index contributed by atoms with van der Waals surface area (Å²) in [5.41, 5.74) is 0.781. The Morgan fingerprint density at radius 2 is 2.10 bits per heavy atom. The highest BCUT2D eigenvalue weighted by Crippen LogP contribution is 2.21. The first-order chi connectivity index (χ1) is 9.63. The molecule has 5 nitrogen and oxygen atoms in total. The Morgan fingerprint density at radius 3 is 2.80 bits per heavy atom. The van der Waals surface area contributed by atoms with Crippen LogP contribution in [0, 0.1) is 5.92 Å². The van der Waals surface area contributed by atoms with Crippen LogP contribution in [0.1, 0.15) is 12.1 Å². The van der Waals surface area contributed by atoms with E-state index in [1.54, 1.807) is 11.1 Å². The lowest BCUT2D eigenvalue weighted by atomic mass is 10.1. The summed E-state index contributed by atoms with van der Waals surface area (Å²) in [6.45, 7) is 0.635. The SMILES string of the molecule is O=C(O)C1CC(=O)N(Cc2cc3ccccc3cn2)C1. The average Bonchev–Trinajstić information content (AvgIpc) is 2.80. The molecule has 1 aliphatic rings. The van der Waals surface area contributed by atoms with Crippen LogP contribution < -0.4 is 0 Å². The number of hydrogen-bond acceptors (Lipinski definition) is 3. The largest absolute Gasteiger partial charge is 0.481 e. The summed E-state index contributed by atoms with van der Waals surface area (Å²) in [5, 5.41) is 11.1. The number of likely N-dealkylation sites (tertiary alicyclic amines) is 1. The second kappa shape index (κ2) is 4.92. The Hall–Kier alpha value is -2.43. The van der Waals surface area contributed by atoms with Crippen molar-refractivity contribution in [3.63, 3.8) is 0 Å². The van der Waals surface area contributed by atoms with Gasteiger partial charge in [0, 0.05) is 24.5 Å². The van der Waals surface area contributed by atoms with Crippen LogP contribution >= 0.6 is 0 Å². The van der Waals surface area contributed by atoms with Gasteiger partial charge < -0.3 is 10.0 Å². The molecular formula is C15H14N2O3. The number of aliphatic carboxylic acids is 1. The number of nitrogens with zero attached hydrogens (tertiary/aromatic N) is 2. The molecule has 5 heteroatoms. The molecule has 3 rings (SSSR count). The standard InChI is InChI=1S/C15H14N2O3/c18-14-6-12(15(19)20)8-17(14)9-13-5-10-3-1-2-4-11(10)7-16-13/h1-5,7,12H,6,8-9H2,(H,19,20). The fourth-order valence-corrected chi connectivity index (χ4v) is 2.50. The minimum atomic E-state index is -0.910. The zero-order valence-electron chi connectivity index (χ0n) is 10.8. The Kier molecular flexibility index (Phi) is 3.10. The molecule has 0 radical (unpaired) electrons. The number of carboxylic acid groups (broad SMARTS) is 1. The van der Waals surface area contributed by atoms with E-state index in [1.165, 1.54) is 0 Å². The molecule has 1 N–H and O–H groups in total. The van der Waals surface area contributed by atoms with E-state index in [9.17, 15) is 9.59 Å². The van der Waals surface area contributed by atoms with Gasteiger partial charge in [-0.2, -0.15) is 0 Å². The molecule has 1 atom stereocenters. The lowest BCUT2D eigenvalue weighted by Gasteiger charge is -2.15. The maximum atomic E-state index is 11.8. The van der Waals surface area contributed by atoms with Crippen molar-refractivity contribution in [1.82, 2.24) is 9.88 Å². The Morgan fingerprint density at radius 1 is 1.35 bits per heavy atom. The first kappa shape index (κ1) is 12.6. The normalized spacial score (nSPS) is 18.7. The van der Waals surface area contributed by atoms with Crippen LogP contribution in [-0.2, 0) is 16.1 Å². The first-order valence-electron chi connectivity index (χ1n) is 6.48. The van der Waals surface area contributed by atoms with Gasteiger partial charge in [0.05, 0.1) is 18.2 Å². The number of carboxylic acids is 1. The number of rotatable bonds is 3.